The zero-order chi connectivity index (χ0) is 40.1. The minimum atomic E-state index is -0.222. The molecule has 6 heteroatoms. The Balaban J connectivity index is 0.000000192. The van der Waals surface area contributed by atoms with Gasteiger partial charge in [0.2, 0.25) is 0 Å². The van der Waals surface area contributed by atoms with Crippen molar-refractivity contribution in [3.05, 3.63) is 166 Å². The second-order valence-corrected chi connectivity index (χ2v) is 21.3. The third kappa shape index (κ3) is 9.82. The molecule has 0 aromatic heterocycles. The van der Waals surface area contributed by atoms with Gasteiger partial charge in [0.25, 0.3) is 0 Å². The Morgan fingerprint density at radius 1 is 0.911 bits per heavy atom. The monoisotopic (exact) mass is 969 g/mol. The number of halogens is 2. The van der Waals surface area contributed by atoms with Crippen molar-refractivity contribution in [1.29, 1.82) is 0 Å². The van der Waals surface area contributed by atoms with Crippen LogP contribution in [-0.2, 0) is 47.2 Å². The molecule has 1 heterocycles. The van der Waals surface area contributed by atoms with Gasteiger partial charge in [0.1, 0.15) is 5.75 Å². The van der Waals surface area contributed by atoms with Gasteiger partial charge in [-0.3, -0.25) is 0 Å². The molecule has 4 aromatic carbocycles. The molecule has 1 spiro atoms. The van der Waals surface area contributed by atoms with Gasteiger partial charge in [-0.25, -0.2) is 6.54 Å². The van der Waals surface area contributed by atoms with Crippen molar-refractivity contribution in [3.63, 3.8) is 0 Å². The average molecular weight is 969 g/mol. The van der Waals surface area contributed by atoms with Crippen LogP contribution in [0.2, 0.25) is 0 Å². The van der Waals surface area contributed by atoms with Crippen LogP contribution in [-0.4, -0.2) is 24.9 Å². The number of allylic oxidation sites excluding steroid dienone is 4. The first-order chi connectivity index (χ1) is 26.8. The molecule has 3 unspecified atom stereocenters. The first-order valence-electron chi connectivity index (χ1n) is 20.3. The summed E-state index contributed by atoms with van der Waals surface area (Å²) in [5.41, 5.74) is 11.7. The first kappa shape index (κ1) is 43.0. The van der Waals surface area contributed by atoms with Crippen molar-refractivity contribution in [3.8, 4) is 5.75 Å². The Bertz CT molecular complexity index is 1980. The van der Waals surface area contributed by atoms with E-state index >= 15 is 0 Å². The maximum atomic E-state index is 6.07. The summed E-state index contributed by atoms with van der Waals surface area (Å²) in [5.74, 6) is 3.27. The van der Waals surface area contributed by atoms with Gasteiger partial charge < -0.3 is 9.64 Å². The Hall–Kier alpha value is -2.57. The molecule has 300 valence electrons. The summed E-state index contributed by atoms with van der Waals surface area (Å²) < 4.78 is 8.59. The fourth-order valence-electron chi connectivity index (χ4n) is 9.65. The number of methoxy groups -OCH3 is 1. The van der Waals surface area contributed by atoms with Crippen LogP contribution in [0, 0.1) is 30.2 Å². The molecule has 7 rings (SSSR count). The van der Waals surface area contributed by atoms with E-state index in [1.54, 1.807) is 12.8 Å². The standard InChI is InChI=1S/C28H40NO.C22H21IN.ClH.Ru/c1-18(2)23-11-9-20(5)25(19(3)4)26(23)29-17-28(16-27(29,6)7)14-13-21-15-22(30-8)10-12-24(21)28;1-19-10-8-9-15-22(19)18-24(23,16-20-11-4-2-5-12-20)17-21-13-6-3-7-14-21;;/h9-12,15,17-20,25H,13-14,16H2,1-8H3;1-15H,16-18H2;1H;/q-1;;;+1/p-1. The number of aryl methyl sites for hydroxylation is 1. The van der Waals surface area contributed by atoms with Crippen LogP contribution >= 0.6 is 9.69 Å². The number of benzene rings is 4. The number of ether oxygens (including phenoxy) is 1. The van der Waals surface area contributed by atoms with Gasteiger partial charge in [-0.15, -0.1) is 5.41 Å². The summed E-state index contributed by atoms with van der Waals surface area (Å²) >= 11 is 2.41. The number of quaternary nitrogens is 1. The Morgan fingerprint density at radius 2 is 1.54 bits per heavy atom. The average Bonchev–Trinajstić information content (AvgIpc) is 3.66. The topological polar surface area (TPSA) is 12.5 Å². The van der Waals surface area contributed by atoms with Gasteiger partial charge >= 0.3 is 182 Å². The number of rotatable bonds is 11. The fraction of sp³-hybridized carbons (Fsp3) is 0.400. The molecular formula is C50H61ClIN2ORu-. The number of fused-ring (bicyclic) bond motifs is 2. The van der Waals surface area contributed by atoms with Crippen molar-refractivity contribution in [1.82, 2.24) is 4.90 Å². The number of hydrogen-bond donors (Lipinski definition) is 0. The van der Waals surface area contributed by atoms with Crippen LogP contribution in [0.4, 0.5) is 0 Å². The predicted molar refractivity (Wildman–Crippen MR) is 228 cm³/mol. The Morgan fingerprint density at radius 3 is 2.12 bits per heavy atom. The van der Waals surface area contributed by atoms with Gasteiger partial charge in [0, 0.05) is 11.5 Å². The molecule has 1 radical (unpaired) electrons. The quantitative estimate of drug-likeness (QED) is 0.0644. The van der Waals surface area contributed by atoms with E-state index in [2.05, 4.69) is 203 Å². The summed E-state index contributed by atoms with van der Waals surface area (Å²) in [7, 11) is 7.83. The van der Waals surface area contributed by atoms with Gasteiger partial charge in [-0.1, -0.05) is 64.8 Å². The molecule has 4 aromatic rings. The molecule has 0 N–H and O–H groups in total. The van der Waals surface area contributed by atoms with Crippen LogP contribution in [0.5, 0.6) is 5.75 Å². The summed E-state index contributed by atoms with van der Waals surface area (Å²) in [6, 6.07) is 36.9. The normalized spacial score (nSPS) is 21.8. The van der Waals surface area contributed by atoms with Crippen LogP contribution in [0.15, 0.2) is 127 Å². The molecule has 3 nitrogen and oxygen atoms in total. The molecule has 1 aliphatic heterocycles. The van der Waals surface area contributed by atoms with Crippen molar-refractivity contribution in [2.24, 2.45) is 23.7 Å². The van der Waals surface area contributed by atoms with E-state index in [0.29, 0.717) is 23.7 Å². The van der Waals surface area contributed by atoms with Crippen LogP contribution in [0.3, 0.4) is 0 Å². The molecule has 0 bridgehead atoms. The third-order valence-electron chi connectivity index (χ3n) is 12.1. The Kier molecular flexibility index (Phi) is 14.3. The van der Waals surface area contributed by atoms with E-state index in [9.17, 15) is 0 Å². The van der Waals surface area contributed by atoms with Gasteiger partial charge in [-0.05, 0) is 73.4 Å². The molecular weight excluding hydrogens is 908 g/mol. The zero-order valence-corrected chi connectivity index (χ0v) is 39.2. The third-order valence-corrected chi connectivity index (χ3v) is 14.3. The van der Waals surface area contributed by atoms with E-state index in [1.165, 1.54) is 51.8 Å². The molecule has 3 aliphatic rings. The van der Waals surface area contributed by atoms with E-state index in [0.717, 1.165) is 34.5 Å². The van der Waals surface area contributed by atoms with E-state index < -0.39 is 0 Å². The molecule has 0 amide bonds. The van der Waals surface area contributed by atoms with Gasteiger partial charge in [0.05, 0.1) is 7.11 Å². The zero-order valence-electron chi connectivity index (χ0n) is 34.6. The predicted octanol–water partition coefficient (Wildman–Crippen LogP) is 9.17. The fourth-order valence-corrected chi connectivity index (χ4v) is 12.0. The first-order valence-corrected chi connectivity index (χ1v) is 24.5. The van der Waals surface area contributed by atoms with Crippen LogP contribution < -0.4 is 27.6 Å². The molecule has 3 atom stereocenters. The maximum absolute atomic E-state index is 6.07. The SMILES string of the molecule is COc1ccc2c(c1)CCC21[CH-]N(C2=C(C(C)C)C=CC(C)C2C(C)C)C(C)(C)C1.[Cl][Ru]=[CH]c1ccccc1C[N+]([I-])(Cc1ccccc1)Cc1ccccc1. The van der Waals surface area contributed by atoms with Crippen LogP contribution in [0.1, 0.15) is 94.7 Å². The second kappa shape index (κ2) is 18.6. The van der Waals surface area contributed by atoms with Crippen molar-refractivity contribution in [2.45, 2.75) is 98.3 Å². The molecule has 2 aliphatic carbocycles. The van der Waals surface area contributed by atoms with Crippen molar-refractivity contribution < 1.29 is 46.0 Å². The molecule has 56 heavy (non-hydrogen) atoms. The van der Waals surface area contributed by atoms with Gasteiger partial charge in [0.15, 0.2) is 0 Å². The number of likely N-dealkylation sites (tertiary alicyclic amines) is 1. The number of hydrogen-bond acceptors (Lipinski definition) is 2. The summed E-state index contributed by atoms with van der Waals surface area (Å²) in [6.07, 6.45) is 8.40. The summed E-state index contributed by atoms with van der Waals surface area (Å²) in [5, 5.41) is 0. The number of nitrogens with zero attached hydrogens (tertiary/aromatic N) is 2. The van der Waals surface area contributed by atoms with Crippen LogP contribution in [0.25, 0.3) is 0 Å². The van der Waals surface area contributed by atoms with Crippen molar-refractivity contribution in [2.75, 3.05) is 7.11 Å². The molecule has 0 saturated carbocycles. The van der Waals surface area contributed by atoms with Gasteiger partial charge in [-0.2, -0.15) is 0 Å². The van der Waals surface area contributed by atoms with E-state index in [4.69, 9.17) is 14.4 Å². The summed E-state index contributed by atoms with van der Waals surface area (Å²) in [4.78, 5) is 2.71. The molecule has 1 fully saturated rings. The molecule has 1 saturated heterocycles. The van der Waals surface area contributed by atoms with E-state index in [1.807, 2.05) is 0 Å². The second-order valence-electron chi connectivity index (χ2n) is 17.5. The summed E-state index contributed by atoms with van der Waals surface area (Å²) in [6.45, 7) is 22.4. The van der Waals surface area contributed by atoms with E-state index in [-0.39, 0.29) is 26.6 Å². The van der Waals surface area contributed by atoms with Crippen molar-refractivity contribution >= 4 is 14.3 Å². The minimum absolute atomic E-state index is 0.106. The Labute approximate surface area is 363 Å².